The zero-order valence-corrected chi connectivity index (χ0v) is 16.7. The number of carbonyl (C=O) groups is 2. The summed E-state index contributed by atoms with van der Waals surface area (Å²) in [6, 6.07) is 17.5. The van der Waals surface area contributed by atoms with Crippen molar-refractivity contribution in [3.63, 3.8) is 0 Å². The molecule has 148 valence electrons. The van der Waals surface area contributed by atoms with Gasteiger partial charge in [0.2, 0.25) is 5.91 Å². The average Bonchev–Trinajstić information content (AvgIpc) is 2.74. The fraction of sp³-hybridized carbons (Fsp3) is 0.391. The molecular formula is C23H29N3O2. The Morgan fingerprint density at radius 3 is 2.46 bits per heavy atom. The Morgan fingerprint density at radius 1 is 1.07 bits per heavy atom. The zero-order chi connectivity index (χ0) is 19.9. The molecule has 0 bridgehead atoms. The Labute approximate surface area is 167 Å². The van der Waals surface area contributed by atoms with E-state index >= 15 is 0 Å². The highest BCUT2D eigenvalue weighted by Gasteiger charge is 2.26. The SMILES string of the molecule is CNC(=O)c1cccc(NC(C)C(=O)N2CCC(Cc3ccccc3)CC2)c1. The van der Waals surface area contributed by atoms with Gasteiger partial charge in [0.15, 0.2) is 0 Å². The first-order chi connectivity index (χ1) is 13.6. The van der Waals surface area contributed by atoms with Crippen molar-refractivity contribution in [2.24, 2.45) is 5.92 Å². The number of piperidine rings is 1. The lowest BCUT2D eigenvalue weighted by molar-refractivity contribution is -0.133. The molecular weight excluding hydrogens is 350 g/mol. The molecule has 0 radical (unpaired) electrons. The second kappa shape index (κ2) is 9.40. The molecule has 1 aliphatic heterocycles. The van der Waals surface area contributed by atoms with Gasteiger partial charge >= 0.3 is 0 Å². The molecule has 2 aromatic rings. The molecule has 0 saturated carbocycles. The van der Waals surface area contributed by atoms with Gasteiger partial charge in [0.25, 0.3) is 5.91 Å². The van der Waals surface area contributed by atoms with Crippen molar-refractivity contribution < 1.29 is 9.59 Å². The van der Waals surface area contributed by atoms with E-state index in [2.05, 4.69) is 34.9 Å². The van der Waals surface area contributed by atoms with Gasteiger partial charge in [-0.25, -0.2) is 0 Å². The van der Waals surface area contributed by atoms with E-state index in [1.165, 1.54) is 5.56 Å². The molecule has 2 N–H and O–H groups in total. The van der Waals surface area contributed by atoms with Crippen LogP contribution in [0.5, 0.6) is 0 Å². The predicted molar refractivity (Wildman–Crippen MR) is 112 cm³/mol. The second-order valence-corrected chi connectivity index (χ2v) is 7.48. The predicted octanol–water partition coefficient (Wildman–Crippen LogP) is 3.33. The van der Waals surface area contributed by atoms with Gasteiger partial charge in [0, 0.05) is 31.4 Å². The minimum atomic E-state index is -0.328. The summed E-state index contributed by atoms with van der Waals surface area (Å²) in [7, 11) is 1.61. The van der Waals surface area contributed by atoms with Crippen molar-refractivity contribution >= 4 is 17.5 Å². The molecule has 3 rings (SSSR count). The topological polar surface area (TPSA) is 61.4 Å². The van der Waals surface area contributed by atoms with Crippen LogP contribution in [0, 0.1) is 5.92 Å². The van der Waals surface area contributed by atoms with Crippen molar-refractivity contribution in [3.8, 4) is 0 Å². The lowest BCUT2D eigenvalue weighted by Crippen LogP contribution is -2.45. The highest BCUT2D eigenvalue weighted by atomic mass is 16.2. The summed E-state index contributed by atoms with van der Waals surface area (Å²) in [6.45, 7) is 3.49. The minimum Gasteiger partial charge on any atom is -0.374 e. The summed E-state index contributed by atoms with van der Waals surface area (Å²) in [5, 5.41) is 5.85. The monoisotopic (exact) mass is 379 g/mol. The molecule has 2 aromatic carbocycles. The van der Waals surface area contributed by atoms with Crippen LogP contribution in [0.15, 0.2) is 54.6 Å². The van der Waals surface area contributed by atoms with E-state index in [4.69, 9.17) is 0 Å². The lowest BCUT2D eigenvalue weighted by atomic mass is 9.90. The van der Waals surface area contributed by atoms with Crippen molar-refractivity contribution in [3.05, 3.63) is 65.7 Å². The van der Waals surface area contributed by atoms with E-state index in [0.29, 0.717) is 11.5 Å². The average molecular weight is 380 g/mol. The number of likely N-dealkylation sites (tertiary alicyclic amines) is 1. The standard InChI is InChI=1S/C23H29N3O2/c1-17(25-21-10-6-9-20(16-21)22(27)24-2)23(28)26-13-11-19(12-14-26)15-18-7-4-3-5-8-18/h3-10,16-17,19,25H,11-15H2,1-2H3,(H,24,27). The third-order valence-electron chi connectivity index (χ3n) is 5.40. The fourth-order valence-corrected chi connectivity index (χ4v) is 3.79. The molecule has 1 heterocycles. The number of anilines is 1. The molecule has 0 aromatic heterocycles. The highest BCUT2D eigenvalue weighted by Crippen LogP contribution is 2.22. The Hall–Kier alpha value is -2.82. The van der Waals surface area contributed by atoms with Crippen LogP contribution in [-0.4, -0.2) is 42.9 Å². The van der Waals surface area contributed by atoms with E-state index in [1.807, 2.05) is 30.0 Å². The molecule has 1 saturated heterocycles. The number of hydrogen-bond acceptors (Lipinski definition) is 3. The number of benzene rings is 2. The summed E-state index contributed by atoms with van der Waals surface area (Å²) < 4.78 is 0. The van der Waals surface area contributed by atoms with Crippen molar-refractivity contribution in [2.45, 2.75) is 32.2 Å². The smallest absolute Gasteiger partial charge is 0.251 e. The molecule has 2 amide bonds. The molecule has 1 unspecified atom stereocenters. The summed E-state index contributed by atoms with van der Waals surface area (Å²) >= 11 is 0. The molecule has 5 heteroatoms. The first kappa shape index (κ1) is 19.9. The molecule has 0 aliphatic carbocycles. The number of hydrogen-bond donors (Lipinski definition) is 2. The van der Waals surface area contributed by atoms with Crippen LogP contribution >= 0.6 is 0 Å². The van der Waals surface area contributed by atoms with E-state index in [-0.39, 0.29) is 17.9 Å². The number of rotatable bonds is 6. The number of nitrogens with one attached hydrogen (secondary N) is 2. The van der Waals surface area contributed by atoms with E-state index in [0.717, 1.165) is 38.0 Å². The molecule has 5 nitrogen and oxygen atoms in total. The summed E-state index contributed by atoms with van der Waals surface area (Å²) in [5.74, 6) is 0.616. The van der Waals surface area contributed by atoms with E-state index in [1.54, 1.807) is 19.2 Å². The molecule has 1 fully saturated rings. The summed E-state index contributed by atoms with van der Waals surface area (Å²) in [4.78, 5) is 26.6. The maximum absolute atomic E-state index is 12.8. The first-order valence-corrected chi connectivity index (χ1v) is 9.98. The molecule has 0 spiro atoms. The van der Waals surface area contributed by atoms with E-state index < -0.39 is 0 Å². The maximum atomic E-state index is 12.8. The van der Waals surface area contributed by atoms with Crippen LogP contribution in [0.3, 0.4) is 0 Å². The third-order valence-corrected chi connectivity index (χ3v) is 5.40. The third kappa shape index (κ3) is 5.12. The van der Waals surface area contributed by atoms with Gasteiger partial charge in [-0.05, 0) is 55.9 Å². The van der Waals surface area contributed by atoms with Crippen LogP contribution < -0.4 is 10.6 Å². The molecule has 1 aliphatic rings. The van der Waals surface area contributed by atoms with Crippen LogP contribution in [0.25, 0.3) is 0 Å². The summed E-state index contributed by atoms with van der Waals surface area (Å²) in [5.41, 5.74) is 2.73. The Bertz CT molecular complexity index is 799. The number of carbonyl (C=O) groups excluding carboxylic acids is 2. The normalized spacial score (nSPS) is 15.7. The Kier molecular flexibility index (Phi) is 6.69. The van der Waals surface area contributed by atoms with Gasteiger partial charge in [-0.15, -0.1) is 0 Å². The van der Waals surface area contributed by atoms with Crippen LogP contribution in [0.1, 0.15) is 35.7 Å². The van der Waals surface area contributed by atoms with Gasteiger partial charge in [-0.1, -0.05) is 36.4 Å². The minimum absolute atomic E-state index is 0.114. The fourth-order valence-electron chi connectivity index (χ4n) is 3.79. The molecule has 1 atom stereocenters. The number of amides is 2. The van der Waals surface area contributed by atoms with Gasteiger partial charge in [-0.2, -0.15) is 0 Å². The van der Waals surface area contributed by atoms with Gasteiger partial charge in [0.1, 0.15) is 6.04 Å². The van der Waals surface area contributed by atoms with Crippen LogP contribution in [0.4, 0.5) is 5.69 Å². The van der Waals surface area contributed by atoms with Crippen LogP contribution in [-0.2, 0) is 11.2 Å². The number of nitrogens with zero attached hydrogens (tertiary/aromatic N) is 1. The zero-order valence-electron chi connectivity index (χ0n) is 16.7. The van der Waals surface area contributed by atoms with Crippen molar-refractivity contribution in [2.75, 3.05) is 25.5 Å². The first-order valence-electron chi connectivity index (χ1n) is 9.98. The Balaban J connectivity index is 1.51. The quantitative estimate of drug-likeness (QED) is 0.809. The summed E-state index contributed by atoms with van der Waals surface area (Å²) in [6.07, 6.45) is 3.17. The largest absolute Gasteiger partial charge is 0.374 e. The van der Waals surface area contributed by atoms with Gasteiger partial charge in [0.05, 0.1) is 0 Å². The van der Waals surface area contributed by atoms with Crippen LogP contribution in [0.2, 0.25) is 0 Å². The lowest BCUT2D eigenvalue weighted by Gasteiger charge is -2.34. The second-order valence-electron chi connectivity index (χ2n) is 7.48. The molecule has 28 heavy (non-hydrogen) atoms. The Morgan fingerprint density at radius 2 is 1.79 bits per heavy atom. The van der Waals surface area contributed by atoms with E-state index in [9.17, 15) is 9.59 Å². The van der Waals surface area contributed by atoms with Gasteiger partial charge in [-0.3, -0.25) is 9.59 Å². The van der Waals surface area contributed by atoms with Crippen molar-refractivity contribution in [1.29, 1.82) is 0 Å². The van der Waals surface area contributed by atoms with Gasteiger partial charge < -0.3 is 15.5 Å². The maximum Gasteiger partial charge on any atom is 0.251 e. The highest BCUT2D eigenvalue weighted by molar-refractivity contribution is 5.95. The van der Waals surface area contributed by atoms with Crippen molar-refractivity contribution in [1.82, 2.24) is 10.2 Å².